The van der Waals surface area contributed by atoms with Crippen LogP contribution in [0.1, 0.15) is 16.1 Å². The average molecular weight is 252 g/mol. The number of aryl methyl sites for hydroxylation is 1. The van der Waals surface area contributed by atoms with Crippen molar-refractivity contribution in [1.29, 1.82) is 0 Å². The number of rotatable bonds is 2. The summed E-state index contributed by atoms with van der Waals surface area (Å²) in [4.78, 5) is 10.8. The molecule has 0 saturated carbocycles. The number of aromatic nitrogens is 2. The van der Waals surface area contributed by atoms with Crippen molar-refractivity contribution >= 4 is 23.4 Å². The molecular formula is C11H10ClN3O2. The number of nitrogens with two attached hydrogens (primary N) is 1. The molecule has 1 aromatic heterocycles. The molecule has 0 bridgehead atoms. The lowest BCUT2D eigenvalue weighted by molar-refractivity contribution is 0.0690. The van der Waals surface area contributed by atoms with Crippen LogP contribution in [0.25, 0.3) is 5.69 Å². The van der Waals surface area contributed by atoms with Gasteiger partial charge in [0, 0.05) is 11.1 Å². The lowest BCUT2D eigenvalue weighted by Crippen LogP contribution is -2.05. The highest BCUT2D eigenvalue weighted by Gasteiger charge is 2.13. The highest BCUT2D eigenvalue weighted by atomic mass is 35.5. The molecule has 1 aromatic carbocycles. The summed E-state index contributed by atoms with van der Waals surface area (Å²) in [6, 6.07) is 6.52. The molecule has 0 amide bonds. The van der Waals surface area contributed by atoms with E-state index in [4.69, 9.17) is 22.4 Å². The van der Waals surface area contributed by atoms with Crippen LogP contribution in [-0.2, 0) is 0 Å². The molecule has 5 nitrogen and oxygen atoms in total. The Balaban J connectivity index is 2.56. The highest BCUT2D eigenvalue weighted by Crippen LogP contribution is 2.21. The van der Waals surface area contributed by atoms with E-state index in [1.54, 1.807) is 18.2 Å². The van der Waals surface area contributed by atoms with E-state index in [-0.39, 0.29) is 11.5 Å². The molecule has 88 valence electrons. The van der Waals surface area contributed by atoms with E-state index in [0.717, 1.165) is 5.56 Å². The van der Waals surface area contributed by atoms with Gasteiger partial charge in [0.15, 0.2) is 5.69 Å². The molecule has 0 aliphatic heterocycles. The van der Waals surface area contributed by atoms with Crippen molar-refractivity contribution < 1.29 is 9.90 Å². The van der Waals surface area contributed by atoms with Crippen LogP contribution < -0.4 is 5.73 Å². The molecule has 17 heavy (non-hydrogen) atoms. The Morgan fingerprint density at radius 1 is 1.47 bits per heavy atom. The van der Waals surface area contributed by atoms with E-state index in [1.165, 1.54) is 10.7 Å². The number of nitrogens with zero attached hydrogens (tertiary/aromatic N) is 2. The van der Waals surface area contributed by atoms with Crippen LogP contribution in [0.5, 0.6) is 0 Å². The first-order valence-electron chi connectivity index (χ1n) is 4.84. The highest BCUT2D eigenvalue weighted by molar-refractivity contribution is 6.30. The lowest BCUT2D eigenvalue weighted by Gasteiger charge is -2.07. The molecule has 0 radical (unpaired) electrons. The molecule has 0 aliphatic rings. The van der Waals surface area contributed by atoms with Crippen molar-refractivity contribution in [3.8, 4) is 5.69 Å². The third-order valence-electron chi connectivity index (χ3n) is 2.34. The van der Waals surface area contributed by atoms with E-state index in [2.05, 4.69) is 5.10 Å². The van der Waals surface area contributed by atoms with E-state index in [1.807, 2.05) is 6.92 Å². The molecule has 0 fully saturated rings. The average Bonchev–Trinajstić information content (AvgIpc) is 2.61. The van der Waals surface area contributed by atoms with Gasteiger partial charge in [-0.05, 0) is 30.7 Å². The molecule has 0 atom stereocenters. The fourth-order valence-electron chi connectivity index (χ4n) is 1.55. The first-order chi connectivity index (χ1) is 7.99. The second-order valence-electron chi connectivity index (χ2n) is 3.60. The summed E-state index contributed by atoms with van der Waals surface area (Å²) >= 11 is 5.84. The van der Waals surface area contributed by atoms with Crippen LogP contribution in [0.4, 0.5) is 5.82 Å². The zero-order chi connectivity index (χ0) is 12.6. The number of carboxylic acid groups (broad SMARTS) is 1. The summed E-state index contributed by atoms with van der Waals surface area (Å²) in [6.45, 7) is 1.85. The number of hydrogen-bond donors (Lipinski definition) is 2. The first-order valence-corrected chi connectivity index (χ1v) is 5.22. The van der Waals surface area contributed by atoms with E-state index in [0.29, 0.717) is 10.7 Å². The van der Waals surface area contributed by atoms with Crippen molar-refractivity contribution in [3.05, 3.63) is 40.5 Å². The monoisotopic (exact) mass is 251 g/mol. The topological polar surface area (TPSA) is 81.1 Å². The Labute approximate surface area is 102 Å². The molecule has 2 rings (SSSR count). The second kappa shape index (κ2) is 4.10. The van der Waals surface area contributed by atoms with Crippen molar-refractivity contribution in [2.45, 2.75) is 6.92 Å². The zero-order valence-electron chi connectivity index (χ0n) is 9.01. The molecule has 0 spiro atoms. The van der Waals surface area contributed by atoms with Gasteiger partial charge in [-0.15, -0.1) is 0 Å². The van der Waals surface area contributed by atoms with Crippen LogP contribution in [0, 0.1) is 6.92 Å². The SMILES string of the molecule is Cc1cc(Cl)ccc1-n1nc(C(=O)O)cc1N. The van der Waals surface area contributed by atoms with Crippen molar-refractivity contribution in [3.63, 3.8) is 0 Å². The van der Waals surface area contributed by atoms with E-state index >= 15 is 0 Å². The maximum absolute atomic E-state index is 10.8. The van der Waals surface area contributed by atoms with Gasteiger partial charge in [-0.25, -0.2) is 9.48 Å². The van der Waals surface area contributed by atoms with E-state index < -0.39 is 5.97 Å². The summed E-state index contributed by atoms with van der Waals surface area (Å²) in [5.41, 5.74) is 7.21. The van der Waals surface area contributed by atoms with E-state index in [9.17, 15) is 4.79 Å². The molecular weight excluding hydrogens is 242 g/mol. The van der Waals surface area contributed by atoms with Gasteiger partial charge in [-0.3, -0.25) is 0 Å². The smallest absolute Gasteiger partial charge is 0.356 e. The number of aromatic carboxylic acids is 1. The van der Waals surface area contributed by atoms with Crippen LogP contribution >= 0.6 is 11.6 Å². The van der Waals surface area contributed by atoms with Crippen LogP contribution in [0.2, 0.25) is 5.02 Å². The number of hydrogen-bond acceptors (Lipinski definition) is 3. The number of anilines is 1. The predicted octanol–water partition coefficient (Wildman–Crippen LogP) is 2.11. The lowest BCUT2D eigenvalue weighted by atomic mass is 10.2. The van der Waals surface area contributed by atoms with Gasteiger partial charge in [-0.1, -0.05) is 11.6 Å². The minimum atomic E-state index is -1.11. The minimum absolute atomic E-state index is 0.0862. The number of nitrogen functional groups attached to an aromatic ring is 1. The quantitative estimate of drug-likeness (QED) is 0.857. The van der Waals surface area contributed by atoms with Gasteiger partial charge < -0.3 is 10.8 Å². The Hall–Kier alpha value is -2.01. The van der Waals surface area contributed by atoms with Gasteiger partial charge in [0.1, 0.15) is 5.82 Å². The van der Waals surface area contributed by atoms with Crippen LogP contribution in [0.3, 0.4) is 0 Å². The largest absolute Gasteiger partial charge is 0.476 e. The summed E-state index contributed by atoms with van der Waals surface area (Å²) in [7, 11) is 0. The molecule has 1 heterocycles. The van der Waals surface area contributed by atoms with Crippen molar-refractivity contribution in [2.24, 2.45) is 0 Å². The second-order valence-corrected chi connectivity index (χ2v) is 4.04. The molecule has 2 aromatic rings. The Bertz CT molecular complexity index is 592. The number of carboxylic acids is 1. The normalized spacial score (nSPS) is 10.5. The molecule has 6 heteroatoms. The summed E-state index contributed by atoms with van der Waals surface area (Å²) in [6.07, 6.45) is 0. The Morgan fingerprint density at radius 3 is 2.71 bits per heavy atom. The Kier molecular flexibility index (Phi) is 2.77. The third-order valence-corrected chi connectivity index (χ3v) is 2.58. The number of carbonyl (C=O) groups is 1. The van der Waals surface area contributed by atoms with Gasteiger partial charge in [-0.2, -0.15) is 5.10 Å². The summed E-state index contributed by atoms with van der Waals surface area (Å²) < 4.78 is 1.38. The zero-order valence-corrected chi connectivity index (χ0v) is 9.77. The molecule has 3 N–H and O–H groups in total. The molecule has 0 aliphatic carbocycles. The van der Waals surface area contributed by atoms with Gasteiger partial charge >= 0.3 is 5.97 Å². The summed E-state index contributed by atoms with van der Waals surface area (Å²) in [5.74, 6) is -0.838. The summed E-state index contributed by atoms with van der Waals surface area (Å²) in [5, 5.41) is 13.4. The van der Waals surface area contributed by atoms with Crippen molar-refractivity contribution in [2.75, 3.05) is 5.73 Å². The molecule has 0 unspecified atom stereocenters. The molecule has 0 saturated heterocycles. The maximum atomic E-state index is 10.8. The van der Waals surface area contributed by atoms with Gasteiger partial charge in [0.25, 0.3) is 0 Å². The van der Waals surface area contributed by atoms with Crippen LogP contribution in [-0.4, -0.2) is 20.9 Å². The van der Waals surface area contributed by atoms with Gasteiger partial charge in [0.05, 0.1) is 5.69 Å². The standard InChI is InChI=1S/C11H10ClN3O2/c1-6-4-7(12)2-3-9(6)15-10(13)5-8(14-15)11(16)17/h2-5H,13H2,1H3,(H,16,17). The Morgan fingerprint density at radius 2 is 2.18 bits per heavy atom. The number of benzene rings is 1. The van der Waals surface area contributed by atoms with Gasteiger partial charge in [0.2, 0.25) is 0 Å². The predicted molar refractivity (Wildman–Crippen MR) is 64.7 cm³/mol. The first kappa shape index (κ1) is 11.5. The number of halogens is 1. The maximum Gasteiger partial charge on any atom is 0.356 e. The minimum Gasteiger partial charge on any atom is -0.476 e. The van der Waals surface area contributed by atoms with Crippen LogP contribution in [0.15, 0.2) is 24.3 Å². The third kappa shape index (κ3) is 2.09. The fourth-order valence-corrected chi connectivity index (χ4v) is 1.78. The van der Waals surface area contributed by atoms with Crippen molar-refractivity contribution in [1.82, 2.24) is 9.78 Å². The fraction of sp³-hybridized carbons (Fsp3) is 0.0909.